The number of thiophene rings is 1. The van der Waals surface area contributed by atoms with E-state index in [4.69, 9.17) is 21.1 Å². The third-order valence-corrected chi connectivity index (χ3v) is 7.65. The molecule has 1 aliphatic heterocycles. The molecule has 1 aromatic heterocycles. The Labute approximate surface area is 221 Å². The third-order valence-electron chi connectivity index (χ3n) is 5.97. The lowest BCUT2D eigenvalue weighted by Gasteiger charge is -2.31. The van der Waals surface area contributed by atoms with Gasteiger partial charge in [-0.3, -0.25) is 14.4 Å². The van der Waals surface area contributed by atoms with Crippen LogP contribution in [-0.2, 0) is 4.79 Å². The average molecular weight is 534 g/mol. The van der Waals surface area contributed by atoms with E-state index in [2.05, 4.69) is 10.5 Å². The molecule has 0 bridgehead atoms. The number of halogens is 1. The Hall–Kier alpha value is -4.21. The molecule has 186 valence electrons. The zero-order valence-electron chi connectivity index (χ0n) is 19.7. The van der Waals surface area contributed by atoms with Crippen molar-refractivity contribution in [3.8, 4) is 11.5 Å². The van der Waals surface area contributed by atoms with Crippen molar-refractivity contribution < 1.29 is 23.9 Å². The number of nitrogens with one attached hydrogen (secondary N) is 1. The molecule has 0 spiro atoms. The van der Waals surface area contributed by atoms with E-state index in [9.17, 15) is 14.4 Å². The highest BCUT2D eigenvalue weighted by atomic mass is 35.5. The molecular formula is C27H20ClN3O5S. The van der Waals surface area contributed by atoms with Crippen molar-refractivity contribution in [3.05, 3.63) is 87.8 Å². The number of ether oxygens (including phenoxy) is 2. The molecule has 0 saturated heterocycles. The van der Waals surface area contributed by atoms with Gasteiger partial charge in [0, 0.05) is 27.9 Å². The molecule has 8 nitrogen and oxygen atoms in total. The van der Waals surface area contributed by atoms with Crippen LogP contribution in [0.2, 0.25) is 5.02 Å². The van der Waals surface area contributed by atoms with E-state index in [1.165, 1.54) is 31.8 Å². The Bertz CT molecular complexity index is 1580. The molecule has 1 N–H and O–H groups in total. The van der Waals surface area contributed by atoms with Crippen LogP contribution in [0.3, 0.4) is 0 Å². The normalized spacial score (nSPS) is 15.2. The first-order valence-electron chi connectivity index (χ1n) is 11.1. The lowest BCUT2D eigenvalue weighted by molar-refractivity contribution is -0.118. The lowest BCUT2D eigenvalue weighted by Crippen LogP contribution is -2.45. The van der Waals surface area contributed by atoms with Crippen LogP contribution in [0.5, 0.6) is 11.5 Å². The van der Waals surface area contributed by atoms with Crippen LogP contribution < -0.4 is 19.8 Å². The summed E-state index contributed by atoms with van der Waals surface area (Å²) in [6.07, 6.45) is 1.32. The van der Waals surface area contributed by atoms with E-state index in [1.807, 2.05) is 24.3 Å². The molecule has 1 unspecified atom stereocenters. The van der Waals surface area contributed by atoms with E-state index >= 15 is 0 Å². The van der Waals surface area contributed by atoms with Gasteiger partial charge in [0.25, 0.3) is 11.8 Å². The molecule has 0 aliphatic carbocycles. The summed E-state index contributed by atoms with van der Waals surface area (Å²) in [5.41, 5.74) is 3.63. The second kappa shape index (κ2) is 10.0. The van der Waals surface area contributed by atoms with Crippen LogP contribution in [0, 0.1) is 0 Å². The van der Waals surface area contributed by atoms with Crippen molar-refractivity contribution in [1.82, 2.24) is 5.43 Å². The standard InChI is InChI=1S/C27H20ClN3O5S/c1-35-20-12-11-15(13-21(20)36-2)31-26(33)17-8-4-3-7-16(17)19(27(31)34)14-29-30-25(32)24-23(28)18-9-5-6-10-22(18)37-24/h3-14,19H,1-2H3,(H,30,32). The van der Waals surface area contributed by atoms with Gasteiger partial charge in [-0.1, -0.05) is 48.0 Å². The summed E-state index contributed by atoms with van der Waals surface area (Å²) in [7, 11) is 2.97. The van der Waals surface area contributed by atoms with Crippen LogP contribution in [0.1, 0.15) is 31.5 Å². The molecule has 0 saturated carbocycles. The van der Waals surface area contributed by atoms with Gasteiger partial charge < -0.3 is 9.47 Å². The van der Waals surface area contributed by atoms with Gasteiger partial charge in [0.05, 0.1) is 24.9 Å². The number of carbonyl (C=O) groups is 3. The maximum Gasteiger partial charge on any atom is 0.282 e. The summed E-state index contributed by atoms with van der Waals surface area (Å²) in [5.74, 6) is -1.57. The van der Waals surface area contributed by atoms with Crippen LogP contribution in [0.15, 0.2) is 71.8 Å². The van der Waals surface area contributed by atoms with Gasteiger partial charge in [0.2, 0.25) is 5.91 Å². The number of hydrogen-bond donors (Lipinski definition) is 1. The van der Waals surface area contributed by atoms with E-state index in [0.29, 0.717) is 38.2 Å². The Kier molecular flexibility index (Phi) is 6.64. The second-order valence-electron chi connectivity index (χ2n) is 8.04. The number of fused-ring (bicyclic) bond motifs is 2. The van der Waals surface area contributed by atoms with Crippen LogP contribution in [-0.4, -0.2) is 38.2 Å². The number of nitrogens with zero attached hydrogens (tertiary/aromatic N) is 2. The maximum atomic E-state index is 13.6. The summed E-state index contributed by atoms with van der Waals surface area (Å²) in [4.78, 5) is 41.1. The highest BCUT2D eigenvalue weighted by Gasteiger charge is 2.39. The largest absolute Gasteiger partial charge is 0.493 e. The van der Waals surface area contributed by atoms with Crippen molar-refractivity contribution in [2.24, 2.45) is 5.10 Å². The van der Waals surface area contributed by atoms with Crippen molar-refractivity contribution in [2.45, 2.75) is 5.92 Å². The number of rotatable bonds is 6. The summed E-state index contributed by atoms with van der Waals surface area (Å²) in [5, 5.41) is 5.19. The fourth-order valence-electron chi connectivity index (χ4n) is 4.19. The molecule has 0 fully saturated rings. The lowest BCUT2D eigenvalue weighted by atomic mass is 9.89. The van der Waals surface area contributed by atoms with Crippen LogP contribution >= 0.6 is 22.9 Å². The number of amides is 3. The molecule has 37 heavy (non-hydrogen) atoms. The highest BCUT2D eigenvalue weighted by molar-refractivity contribution is 7.21. The first-order valence-corrected chi connectivity index (χ1v) is 12.3. The number of methoxy groups -OCH3 is 2. The second-order valence-corrected chi connectivity index (χ2v) is 9.47. The first kappa shape index (κ1) is 24.5. The number of hydrazone groups is 1. The van der Waals surface area contributed by atoms with Gasteiger partial charge in [0.15, 0.2) is 11.5 Å². The fraction of sp³-hybridized carbons (Fsp3) is 0.111. The quantitative estimate of drug-likeness (QED) is 0.207. The zero-order chi connectivity index (χ0) is 26.1. The van der Waals surface area contributed by atoms with Crippen molar-refractivity contribution in [3.63, 3.8) is 0 Å². The van der Waals surface area contributed by atoms with Crippen molar-refractivity contribution in [1.29, 1.82) is 0 Å². The minimum atomic E-state index is -0.917. The Morgan fingerprint density at radius 1 is 1.03 bits per heavy atom. The summed E-state index contributed by atoms with van der Waals surface area (Å²) in [6, 6.07) is 19.0. The van der Waals surface area contributed by atoms with E-state index in [-0.39, 0.29) is 0 Å². The van der Waals surface area contributed by atoms with Gasteiger partial charge in [-0.15, -0.1) is 11.3 Å². The Morgan fingerprint density at radius 3 is 2.51 bits per heavy atom. The topological polar surface area (TPSA) is 97.3 Å². The van der Waals surface area contributed by atoms with E-state index in [0.717, 1.165) is 15.0 Å². The molecular weight excluding hydrogens is 514 g/mol. The predicted octanol–water partition coefficient (Wildman–Crippen LogP) is 5.26. The molecule has 0 radical (unpaired) electrons. The molecule has 1 aliphatic rings. The number of carbonyl (C=O) groups excluding carboxylic acids is 3. The molecule has 10 heteroatoms. The van der Waals surface area contributed by atoms with Crippen molar-refractivity contribution >= 4 is 62.6 Å². The molecule has 5 rings (SSSR count). The molecule has 1 atom stereocenters. The maximum absolute atomic E-state index is 13.6. The van der Waals surface area contributed by atoms with Crippen LogP contribution in [0.4, 0.5) is 5.69 Å². The summed E-state index contributed by atoms with van der Waals surface area (Å²) >= 11 is 7.65. The number of imide groups is 1. The van der Waals surface area contributed by atoms with Gasteiger partial charge >= 0.3 is 0 Å². The van der Waals surface area contributed by atoms with Crippen molar-refractivity contribution in [2.75, 3.05) is 19.1 Å². The van der Waals surface area contributed by atoms with Crippen LogP contribution in [0.25, 0.3) is 10.1 Å². The molecule has 2 heterocycles. The molecule has 3 amide bonds. The Morgan fingerprint density at radius 2 is 1.76 bits per heavy atom. The number of benzene rings is 3. The summed E-state index contributed by atoms with van der Waals surface area (Å²) in [6.45, 7) is 0. The first-order chi connectivity index (χ1) is 17.9. The number of anilines is 1. The highest BCUT2D eigenvalue weighted by Crippen LogP contribution is 2.37. The SMILES string of the molecule is COc1ccc(N2C(=O)c3ccccc3C(C=NNC(=O)c3sc4ccccc4c3Cl)C2=O)cc1OC. The molecule has 3 aromatic carbocycles. The summed E-state index contributed by atoms with van der Waals surface area (Å²) < 4.78 is 11.5. The average Bonchev–Trinajstić information content (AvgIpc) is 3.27. The Balaban J connectivity index is 1.46. The minimum absolute atomic E-state index is 0.317. The van der Waals surface area contributed by atoms with E-state index < -0.39 is 23.6 Å². The minimum Gasteiger partial charge on any atom is -0.493 e. The monoisotopic (exact) mass is 533 g/mol. The smallest absolute Gasteiger partial charge is 0.282 e. The fourth-order valence-corrected chi connectivity index (χ4v) is 5.60. The third kappa shape index (κ3) is 4.32. The van der Waals surface area contributed by atoms with Gasteiger partial charge in [-0.05, 0) is 29.8 Å². The van der Waals surface area contributed by atoms with Gasteiger partial charge in [-0.2, -0.15) is 5.10 Å². The predicted molar refractivity (Wildman–Crippen MR) is 143 cm³/mol. The van der Waals surface area contributed by atoms with E-state index in [1.54, 1.807) is 42.5 Å². The zero-order valence-corrected chi connectivity index (χ0v) is 21.3. The number of hydrogen-bond acceptors (Lipinski definition) is 7. The van der Waals surface area contributed by atoms with Gasteiger partial charge in [-0.25, -0.2) is 10.3 Å². The van der Waals surface area contributed by atoms with Gasteiger partial charge in [0.1, 0.15) is 10.8 Å². The molecule has 4 aromatic rings.